The molecule has 0 amide bonds. The first kappa shape index (κ1) is 31.4. The molecule has 3 aromatic carbocycles. The minimum absolute atomic E-state index is 0. The van der Waals surface area contributed by atoms with E-state index in [1.165, 1.54) is 60.6 Å². The SMILES string of the molecule is C.CC1=C(C)C(=O)C(CCCCCCCCCC[P+](c2ccccc2)(c2ccccc2)c2ccccc2)=CC1=O. The van der Waals surface area contributed by atoms with Crippen LogP contribution in [0.25, 0.3) is 0 Å². The van der Waals surface area contributed by atoms with Gasteiger partial charge < -0.3 is 0 Å². The molecule has 0 saturated heterocycles. The molecule has 1 aliphatic rings. The molecule has 0 aliphatic heterocycles. The van der Waals surface area contributed by atoms with Crippen molar-refractivity contribution >= 4 is 34.7 Å². The number of ketones is 2. The number of rotatable bonds is 14. The molecule has 0 bridgehead atoms. The lowest BCUT2D eigenvalue weighted by molar-refractivity contribution is -0.116. The summed E-state index contributed by atoms with van der Waals surface area (Å²) in [4.78, 5) is 24.5. The maximum atomic E-state index is 12.4. The van der Waals surface area contributed by atoms with Gasteiger partial charge in [-0.25, -0.2) is 0 Å². The molecule has 0 fully saturated rings. The van der Waals surface area contributed by atoms with Crippen LogP contribution in [0, 0.1) is 0 Å². The van der Waals surface area contributed by atoms with Gasteiger partial charge >= 0.3 is 0 Å². The highest BCUT2D eigenvalue weighted by Gasteiger charge is 2.44. The second-order valence-electron chi connectivity index (χ2n) is 10.7. The largest absolute Gasteiger partial charge is 0.290 e. The zero-order valence-electron chi connectivity index (χ0n) is 23.6. The van der Waals surface area contributed by atoms with Crippen LogP contribution < -0.4 is 15.9 Å². The van der Waals surface area contributed by atoms with Gasteiger partial charge in [0.15, 0.2) is 11.6 Å². The van der Waals surface area contributed by atoms with Gasteiger partial charge in [-0.15, -0.1) is 0 Å². The van der Waals surface area contributed by atoms with E-state index in [2.05, 4.69) is 91.0 Å². The topological polar surface area (TPSA) is 34.1 Å². The predicted octanol–water partition coefficient (Wildman–Crippen LogP) is 8.54. The molecule has 0 atom stereocenters. The minimum atomic E-state index is -1.72. The zero-order valence-corrected chi connectivity index (χ0v) is 24.5. The van der Waals surface area contributed by atoms with Crippen LogP contribution >= 0.6 is 7.26 Å². The van der Waals surface area contributed by atoms with Crippen LogP contribution in [-0.2, 0) is 9.59 Å². The Morgan fingerprint density at radius 3 is 1.38 bits per heavy atom. The zero-order chi connectivity index (χ0) is 27.5. The average molecular weight is 554 g/mol. The number of benzene rings is 3. The first-order chi connectivity index (χ1) is 19.0. The number of carbonyl (C=O) groups is 2. The second kappa shape index (κ2) is 15.6. The van der Waals surface area contributed by atoms with Crippen molar-refractivity contribution in [1.29, 1.82) is 0 Å². The fraction of sp³-hybridized carbons (Fsp3) is 0.351. The Morgan fingerprint density at radius 2 is 0.925 bits per heavy atom. The Kier molecular flexibility index (Phi) is 12.3. The molecule has 0 heterocycles. The lowest BCUT2D eigenvalue weighted by Crippen LogP contribution is -2.33. The molecule has 2 nitrogen and oxygen atoms in total. The fourth-order valence-electron chi connectivity index (χ4n) is 5.72. The Balaban J connectivity index is 0.00000441. The Labute approximate surface area is 243 Å². The van der Waals surface area contributed by atoms with Crippen molar-refractivity contribution in [2.45, 2.75) is 79.1 Å². The summed E-state index contributed by atoms with van der Waals surface area (Å²) in [5, 5.41) is 4.41. The van der Waals surface area contributed by atoms with Gasteiger partial charge in [0.2, 0.25) is 0 Å². The highest BCUT2D eigenvalue weighted by atomic mass is 31.2. The third kappa shape index (κ3) is 7.55. The van der Waals surface area contributed by atoms with Crippen LogP contribution in [0.2, 0.25) is 0 Å². The molecule has 4 rings (SSSR count). The Morgan fingerprint density at radius 1 is 0.525 bits per heavy atom. The van der Waals surface area contributed by atoms with Crippen LogP contribution in [0.15, 0.2) is 114 Å². The molecular weight excluding hydrogens is 507 g/mol. The Bertz CT molecular complexity index is 1190. The fourth-order valence-corrected chi connectivity index (χ4v) is 10.1. The smallest absolute Gasteiger partial charge is 0.185 e. The number of hydrogen-bond donors (Lipinski definition) is 0. The molecule has 3 aromatic rings. The summed E-state index contributed by atoms with van der Waals surface area (Å²) >= 11 is 0. The highest BCUT2D eigenvalue weighted by Crippen LogP contribution is 2.56. The third-order valence-electron chi connectivity index (χ3n) is 8.15. The molecular formula is C37H46O2P+. The van der Waals surface area contributed by atoms with Gasteiger partial charge in [0.1, 0.15) is 23.2 Å². The molecule has 0 radical (unpaired) electrons. The van der Waals surface area contributed by atoms with Gasteiger partial charge in [0, 0.05) is 16.7 Å². The summed E-state index contributed by atoms with van der Waals surface area (Å²) in [5.74, 6) is 0.0629. The van der Waals surface area contributed by atoms with E-state index in [1.54, 1.807) is 19.9 Å². The summed E-state index contributed by atoms with van der Waals surface area (Å²) < 4.78 is 0. The standard InChI is InChI=1S/C36H42O2P.CH4/c1-29-30(2)36(38)31(28-35(29)37)20-12-7-5-3-4-6-8-19-27-39(32-21-13-9-14-22-32,33-23-15-10-16-24-33)34-25-17-11-18-26-34;/h9-11,13-18,21-26,28H,3-8,12,19-20,27H2,1-2H3;1H4/q+1;. The minimum Gasteiger partial charge on any atom is -0.290 e. The van der Waals surface area contributed by atoms with E-state index in [0.29, 0.717) is 16.7 Å². The molecule has 3 heteroatoms. The van der Waals surface area contributed by atoms with Gasteiger partial charge in [-0.05, 0) is 82.0 Å². The molecule has 40 heavy (non-hydrogen) atoms. The van der Waals surface area contributed by atoms with E-state index in [1.807, 2.05) is 0 Å². The number of carbonyl (C=O) groups excluding carboxylic acids is 2. The van der Waals surface area contributed by atoms with Crippen LogP contribution in [0.1, 0.15) is 79.1 Å². The molecule has 0 N–H and O–H groups in total. The Hall–Kier alpha value is -3.09. The molecule has 0 aromatic heterocycles. The summed E-state index contributed by atoms with van der Waals surface area (Å²) in [6, 6.07) is 33.5. The first-order valence-corrected chi connectivity index (χ1v) is 16.5. The normalized spacial score (nSPS) is 13.7. The molecule has 0 spiro atoms. The summed E-state index contributed by atoms with van der Waals surface area (Å²) in [6.45, 7) is 3.52. The lowest BCUT2D eigenvalue weighted by Gasteiger charge is -2.27. The van der Waals surface area contributed by atoms with Gasteiger partial charge in [-0.3, -0.25) is 9.59 Å². The van der Waals surface area contributed by atoms with E-state index in [9.17, 15) is 9.59 Å². The molecule has 210 valence electrons. The van der Waals surface area contributed by atoms with Crippen molar-refractivity contribution in [2.75, 3.05) is 6.16 Å². The van der Waals surface area contributed by atoms with Crippen molar-refractivity contribution < 1.29 is 9.59 Å². The summed E-state index contributed by atoms with van der Waals surface area (Å²) in [6.07, 6.45) is 13.0. The number of allylic oxidation sites excluding steroid dienone is 4. The van der Waals surface area contributed by atoms with E-state index in [0.717, 1.165) is 19.3 Å². The van der Waals surface area contributed by atoms with Gasteiger partial charge in [-0.2, -0.15) is 0 Å². The van der Waals surface area contributed by atoms with Crippen LogP contribution in [-0.4, -0.2) is 17.7 Å². The van der Waals surface area contributed by atoms with E-state index in [-0.39, 0.29) is 19.0 Å². The summed E-state index contributed by atoms with van der Waals surface area (Å²) in [7, 11) is -1.72. The van der Waals surface area contributed by atoms with E-state index in [4.69, 9.17) is 0 Å². The number of unbranched alkanes of at least 4 members (excludes halogenated alkanes) is 7. The summed E-state index contributed by atoms with van der Waals surface area (Å²) in [5.41, 5.74) is 1.92. The van der Waals surface area contributed by atoms with Gasteiger partial charge in [-0.1, -0.05) is 94.1 Å². The third-order valence-corrected chi connectivity index (χ3v) is 12.7. The second-order valence-corrected chi connectivity index (χ2v) is 14.3. The quantitative estimate of drug-likeness (QED) is 0.114. The van der Waals surface area contributed by atoms with Crippen molar-refractivity contribution in [1.82, 2.24) is 0 Å². The maximum absolute atomic E-state index is 12.4. The van der Waals surface area contributed by atoms with Crippen LogP contribution in [0.5, 0.6) is 0 Å². The van der Waals surface area contributed by atoms with Gasteiger partial charge in [0.25, 0.3) is 0 Å². The highest BCUT2D eigenvalue weighted by molar-refractivity contribution is 7.95. The maximum Gasteiger partial charge on any atom is 0.185 e. The number of Topliss-reactive ketones (excluding diaryl/α,β-unsaturated/α-hetero) is 1. The molecule has 0 unspecified atom stereocenters. The van der Waals surface area contributed by atoms with Crippen molar-refractivity contribution in [3.05, 3.63) is 114 Å². The van der Waals surface area contributed by atoms with Crippen LogP contribution in [0.4, 0.5) is 0 Å². The van der Waals surface area contributed by atoms with Crippen molar-refractivity contribution in [2.24, 2.45) is 0 Å². The van der Waals surface area contributed by atoms with E-state index < -0.39 is 7.26 Å². The van der Waals surface area contributed by atoms with Crippen LogP contribution in [0.3, 0.4) is 0 Å². The lowest BCUT2D eigenvalue weighted by atomic mass is 9.88. The monoisotopic (exact) mass is 553 g/mol. The van der Waals surface area contributed by atoms with Gasteiger partial charge in [0.05, 0.1) is 6.16 Å². The van der Waals surface area contributed by atoms with Crippen molar-refractivity contribution in [3.63, 3.8) is 0 Å². The first-order valence-electron chi connectivity index (χ1n) is 14.6. The molecule has 1 aliphatic carbocycles. The predicted molar refractivity (Wildman–Crippen MR) is 175 cm³/mol. The molecule has 0 saturated carbocycles. The average Bonchev–Trinajstić information content (AvgIpc) is 2.99. The van der Waals surface area contributed by atoms with E-state index >= 15 is 0 Å². The van der Waals surface area contributed by atoms with Crippen molar-refractivity contribution in [3.8, 4) is 0 Å². The number of hydrogen-bond acceptors (Lipinski definition) is 2.